The highest BCUT2D eigenvalue weighted by Crippen LogP contribution is 2.30. The summed E-state index contributed by atoms with van der Waals surface area (Å²) < 4.78 is 0. The fourth-order valence-corrected chi connectivity index (χ4v) is 3.47. The average Bonchev–Trinajstić information content (AvgIpc) is 2.78. The molecular formula is C23H18N4O5. The molecule has 4 rings (SSSR count). The molecule has 0 unspecified atom stereocenters. The van der Waals surface area contributed by atoms with Crippen molar-refractivity contribution in [3.63, 3.8) is 0 Å². The minimum atomic E-state index is -0.503. The van der Waals surface area contributed by atoms with Crippen LogP contribution in [0.5, 0.6) is 0 Å². The molecule has 0 aliphatic carbocycles. The van der Waals surface area contributed by atoms with Crippen LogP contribution < -0.4 is 15.5 Å². The molecular weight excluding hydrogens is 412 g/mol. The summed E-state index contributed by atoms with van der Waals surface area (Å²) in [6.07, 6.45) is 0. The van der Waals surface area contributed by atoms with Crippen LogP contribution in [-0.4, -0.2) is 29.2 Å². The van der Waals surface area contributed by atoms with Gasteiger partial charge in [0.05, 0.1) is 16.3 Å². The third-order valence-corrected chi connectivity index (χ3v) is 5.06. The van der Waals surface area contributed by atoms with Crippen LogP contribution in [0.4, 0.5) is 22.7 Å². The molecule has 0 atom stereocenters. The first kappa shape index (κ1) is 20.7. The molecule has 0 radical (unpaired) electrons. The number of hydrogen-bond donors (Lipinski definition) is 2. The molecule has 0 bridgehead atoms. The van der Waals surface area contributed by atoms with Crippen molar-refractivity contribution in [3.8, 4) is 0 Å². The summed E-state index contributed by atoms with van der Waals surface area (Å²) in [5, 5.41) is 16.4. The number of nitro benzene ring substituents is 1. The summed E-state index contributed by atoms with van der Waals surface area (Å²) in [4.78, 5) is 49.3. The van der Waals surface area contributed by atoms with Crippen molar-refractivity contribution in [1.82, 2.24) is 0 Å². The van der Waals surface area contributed by atoms with Crippen molar-refractivity contribution < 1.29 is 19.3 Å². The van der Waals surface area contributed by atoms with Crippen LogP contribution in [0.25, 0.3) is 0 Å². The quantitative estimate of drug-likeness (QED) is 0.482. The number of fused-ring (bicyclic) bond motifs is 1. The number of carbonyl (C=O) groups excluding carboxylic acids is 3. The molecule has 1 heterocycles. The second-order valence-electron chi connectivity index (χ2n) is 7.25. The number of hydrogen-bond acceptors (Lipinski definition) is 5. The predicted octanol–water partition coefficient (Wildman–Crippen LogP) is 3.75. The maximum absolute atomic E-state index is 13.0. The Kier molecular flexibility index (Phi) is 5.38. The van der Waals surface area contributed by atoms with E-state index in [1.807, 2.05) is 0 Å². The molecule has 160 valence electrons. The Bertz CT molecular complexity index is 1250. The van der Waals surface area contributed by atoms with Gasteiger partial charge in [-0.25, -0.2) is 0 Å². The van der Waals surface area contributed by atoms with E-state index >= 15 is 0 Å². The van der Waals surface area contributed by atoms with Gasteiger partial charge in [-0.2, -0.15) is 0 Å². The Morgan fingerprint density at radius 1 is 1.03 bits per heavy atom. The Morgan fingerprint density at radius 2 is 1.72 bits per heavy atom. The second kappa shape index (κ2) is 8.31. The van der Waals surface area contributed by atoms with E-state index in [1.165, 1.54) is 23.1 Å². The molecule has 9 heteroatoms. The molecule has 1 aliphatic heterocycles. The van der Waals surface area contributed by atoms with Gasteiger partial charge in [0.25, 0.3) is 17.5 Å². The minimum absolute atomic E-state index is 0.0580. The van der Waals surface area contributed by atoms with Crippen LogP contribution in [0.2, 0.25) is 0 Å². The average molecular weight is 430 g/mol. The van der Waals surface area contributed by atoms with Gasteiger partial charge in [0.15, 0.2) is 0 Å². The molecule has 0 aromatic heterocycles. The van der Waals surface area contributed by atoms with Gasteiger partial charge in [0, 0.05) is 28.4 Å². The molecule has 1 aliphatic rings. The predicted molar refractivity (Wildman–Crippen MR) is 119 cm³/mol. The van der Waals surface area contributed by atoms with Gasteiger partial charge in [-0.1, -0.05) is 12.1 Å². The number of para-hydroxylation sites is 2. The molecule has 32 heavy (non-hydrogen) atoms. The zero-order chi connectivity index (χ0) is 22.8. The first-order chi connectivity index (χ1) is 15.3. The van der Waals surface area contributed by atoms with Gasteiger partial charge >= 0.3 is 0 Å². The van der Waals surface area contributed by atoms with E-state index in [2.05, 4.69) is 10.6 Å². The molecule has 3 amide bonds. The van der Waals surface area contributed by atoms with Crippen LogP contribution >= 0.6 is 0 Å². The van der Waals surface area contributed by atoms with Crippen LogP contribution in [0.15, 0.2) is 66.7 Å². The molecule has 0 fully saturated rings. The number of carbonyl (C=O) groups is 3. The number of anilines is 3. The van der Waals surface area contributed by atoms with Gasteiger partial charge in [-0.05, 0) is 55.5 Å². The zero-order valence-corrected chi connectivity index (χ0v) is 17.0. The summed E-state index contributed by atoms with van der Waals surface area (Å²) in [6, 6.07) is 17.5. The zero-order valence-electron chi connectivity index (χ0n) is 17.0. The molecule has 0 saturated heterocycles. The summed E-state index contributed by atoms with van der Waals surface area (Å²) in [7, 11) is 0. The fraction of sp³-hybridized carbons (Fsp3) is 0.0870. The lowest BCUT2D eigenvalue weighted by Gasteiger charge is -2.29. The van der Waals surface area contributed by atoms with Crippen LogP contribution in [-0.2, 0) is 4.79 Å². The number of rotatable bonds is 4. The molecule has 3 aromatic rings. The Balaban J connectivity index is 1.50. The topological polar surface area (TPSA) is 122 Å². The third kappa shape index (κ3) is 4.04. The van der Waals surface area contributed by atoms with E-state index in [4.69, 9.17) is 0 Å². The smallest absolute Gasteiger partial charge is 0.272 e. The highest BCUT2D eigenvalue weighted by atomic mass is 16.6. The molecule has 0 saturated carbocycles. The largest absolute Gasteiger partial charge is 0.323 e. The number of nitrogens with zero attached hydrogens (tertiary/aromatic N) is 2. The van der Waals surface area contributed by atoms with Crippen molar-refractivity contribution >= 4 is 40.5 Å². The standard InChI is InChI=1S/C23H18N4O5/c1-14-12-16(8-11-19(14)27(31)32)22(29)24-17-9-6-15(7-10-17)23(30)26-13-21(28)25-18-4-2-3-5-20(18)26/h2-12H,13H2,1H3,(H,24,29)(H,25,28). The minimum Gasteiger partial charge on any atom is -0.323 e. The highest BCUT2D eigenvalue weighted by Gasteiger charge is 2.27. The Labute approximate surface area is 182 Å². The van der Waals surface area contributed by atoms with Crippen LogP contribution in [0.1, 0.15) is 26.3 Å². The van der Waals surface area contributed by atoms with E-state index in [9.17, 15) is 24.5 Å². The van der Waals surface area contributed by atoms with Crippen molar-refractivity contribution in [2.45, 2.75) is 6.92 Å². The maximum Gasteiger partial charge on any atom is 0.272 e. The van der Waals surface area contributed by atoms with Crippen molar-refractivity contribution in [1.29, 1.82) is 0 Å². The molecule has 0 spiro atoms. The number of amides is 3. The van der Waals surface area contributed by atoms with E-state index in [-0.39, 0.29) is 29.6 Å². The summed E-state index contributed by atoms with van der Waals surface area (Å²) in [6.45, 7) is 1.47. The summed E-state index contributed by atoms with van der Waals surface area (Å²) in [5.74, 6) is -1.04. The number of aryl methyl sites for hydroxylation is 1. The normalized spacial score (nSPS) is 12.5. The summed E-state index contributed by atoms with van der Waals surface area (Å²) in [5.41, 5.74) is 2.61. The lowest BCUT2D eigenvalue weighted by Crippen LogP contribution is -2.42. The van der Waals surface area contributed by atoms with Gasteiger partial charge < -0.3 is 10.6 Å². The van der Waals surface area contributed by atoms with Crippen LogP contribution in [0, 0.1) is 17.0 Å². The van der Waals surface area contributed by atoms with Gasteiger partial charge in [0.2, 0.25) is 5.91 Å². The molecule has 9 nitrogen and oxygen atoms in total. The highest BCUT2D eigenvalue weighted by molar-refractivity contribution is 6.15. The first-order valence-electron chi connectivity index (χ1n) is 9.70. The fourth-order valence-electron chi connectivity index (χ4n) is 3.47. The number of nitro groups is 1. The first-order valence-corrected chi connectivity index (χ1v) is 9.70. The van der Waals surface area contributed by atoms with Crippen molar-refractivity contribution in [2.24, 2.45) is 0 Å². The second-order valence-corrected chi connectivity index (χ2v) is 7.25. The van der Waals surface area contributed by atoms with E-state index in [0.717, 1.165) is 0 Å². The monoisotopic (exact) mass is 430 g/mol. The van der Waals surface area contributed by atoms with E-state index in [0.29, 0.717) is 28.2 Å². The lowest BCUT2D eigenvalue weighted by molar-refractivity contribution is -0.385. The van der Waals surface area contributed by atoms with Gasteiger partial charge in [-0.3, -0.25) is 29.4 Å². The SMILES string of the molecule is Cc1cc(C(=O)Nc2ccc(C(=O)N3CC(=O)Nc4ccccc43)cc2)ccc1[N+](=O)[O-]. The van der Waals surface area contributed by atoms with Crippen molar-refractivity contribution in [2.75, 3.05) is 22.1 Å². The Morgan fingerprint density at radius 3 is 2.41 bits per heavy atom. The lowest BCUT2D eigenvalue weighted by atomic mass is 10.1. The number of benzene rings is 3. The summed E-state index contributed by atoms with van der Waals surface area (Å²) >= 11 is 0. The third-order valence-electron chi connectivity index (χ3n) is 5.06. The molecule has 2 N–H and O–H groups in total. The van der Waals surface area contributed by atoms with E-state index < -0.39 is 10.8 Å². The van der Waals surface area contributed by atoms with Gasteiger partial charge in [0.1, 0.15) is 6.54 Å². The van der Waals surface area contributed by atoms with Gasteiger partial charge in [-0.15, -0.1) is 0 Å². The molecule has 3 aromatic carbocycles. The van der Waals surface area contributed by atoms with Crippen molar-refractivity contribution in [3.05, 3.63) is 93.5 Å². The Hall–Kier alpha value is -4.53. The maximum atomic E-state index is 13.0. The van der Waals surface area contributed by atoms with Crippen LogP contribution in [0.3, 0.4) is 0 Å². The van der Waals surface area contributed by atoms with E-state index in [1.54, 1.807) is 55.5 Å². The number of nitrogens with one attached hydrogen (secondary N) is 2.